The summed E-state index contributed by atoms with van der Waals surface area (Å²) in [5.41, 5.74) is 0.910. The zero-order valence-electron chi connectivity index (χ0n) is 15.1. The monoisotopic (exact) mass is 382 g/mol. The molecular formula is C18H22O7S. The van der Waals surface area contributed by atoms with Gasteiger partial charge in [-0.25, -0.2) is 0 Å². The van der Waals surface area contributed by atoms with E-state index >= 15 is 0 Å². The van der Waals surface area contributed by atoms with Crippen LogP contribution in [-0.4, -0.2) is 48.7 Å². The van der Waals surface area contributed by atoms with E-state index in [4.69, 9.17) is 23.7 Å². The Bertz CT molecular complexity index is 694. The van der Waals surface area contributed by atoms with Gasteiger partial charge in [-0.05, 0) is 42.3 Å². The molecule has 3 heterocycles. The molecule has 0 amide bonds. The molecule has 0 aliphatic carbocycles. The summed E-state index contributed by atoms with van der Waals surface area (Å²) in [5, 5.41) is 3.87. The van der Waals surface area contributed by atoms with Gasteiger partial charge in [0.25, 0.3) is 0 Å². The highest BCUT2D eigenvalue weighted by atomic mass is 32.1. The molecule has 0 saturated carbocycles. The van der Waals surface area contributed by atoms with Crippen molar-refractivity contribution in [2.45, 2.75) is 57.9 Å². The fraction of sp³-hybridized carbons (Fsp3) is 0.556. The maximum Gasteiger partial charge on any atom is 0.303 e. The Morgan fingerprint density at radius 3 is 2.54 bits per heavy atom. The molecule has 0 unspecified atom stereocenters. The number of carbonyl (C=O) groups is 2. The Kier molecular flexibility index (Phi) is 5.36. The molecule has 4 atom stereocenters. The van der Waals surface area contributed by atoms with Crippen LogP contribution in [-0.2, 0) is 33.3 Å². The third kappa shape index (κ3) is 4.25. The average Bonchev–Trinajstić information content (AvgIpc) is 3.22. The van der Waals surface area contributed by atoms with Crippen molar-refractivity contribution in [2.75, 3.05) is 6.61 Å². The van der Waals surface area contributed by atoms with Crippen molar-refractivity contribution in [3.05, 3.63) is 28.1 Å². The van der Waals surface area contributed by atoms with Crippen molar-refractivity contribution in [3.63, 3.8) is 0 Å². The number of carbonyl (C=O) groups excluding carboxylic acids is 2. The van der Waals surface area contributed by atoms with Crippen LogP contribution in [0.15, 0.2) is 22.6 Å². The Hall–Kier alpha value is -1.90. The molecule has 142 valence electrons. The number of thiophene rings is 1. The van der Waals surface area contributed by atoms with Crippen molar-refractivity contribution >= 4 is 29.4 Å². The van der Waals surface area contributed by atoms with E-state index in [-0.39, 0.29) is 6.61 Å². The van der Waals surface area contributed by atoms with Crippen LogP contribution >= 0.6 is 11.3 Å². The smallest absolute Gasteiger partial charge is 0.303 e. The van der Waals surface area contributed by atoms with E-state index in [1.165, 1.54) is 25.2 Å². The lowest BCUT2D eigenvalue weighted by atomic mass is 10.0. The zero-order chi connectivity index (χ0) is 18.9. The second-order valence-electron chi connectivity index (χ2n) is 6.66. The summed E-state index contributed by atoms with van der Waals surface area (Å²) in [4.78, 5) is 23.2. The quantitative estimate of drug-likeness (QED) is 0.740. The van der Waals surface area contributed by atoms with Crippen LogP contribution < -0.4 is 0 Å². The molecule has 2 aliphatic rings. The molecule has 26 heavy (non-hydrogen) atoms. The van der Waals surface area contributed by atoms with Gasteiger partial charge in [-0.3, -0.25) is 9.59 Å². The highest BCUT2D eigenvalue weighted by Gasteiger charge is 2.53. The summed E-state index contributed by atoms with van der Waals surface area (Å²) in [6, 6.07) is 1.91. The number of ether oxygens (including phenoxy) is 5. The first kappa shape index (κ1) is 18.9. The maximum atomic E-state index is 11.6. The Balaban J connectivity index is 1.92. The van der Waals surface area contributed by atoms with Crippen LogP contribution in [0.25, 0.3) is 6.08 Å². The summed E-state index contributed by atoms with van der Waals surface area (Å²) < 4.78 is 28.4. The molecular weight excluding hydrogens is 360 g/mol. The Labute approximate surface area is 155 Å². The van der Waals surface area contributed by atoms with Crippen LogP contribution in [0.3, 0.4) is 0 Å². The van der Waals surface area contributed by atoms with Crippen molar-refractivity contribution in [3.8, 4) is 0 Å². The predicted molar refractivity (Wildman–Crippen MR) is 93.2 cm³/mol. The van der Waals surface area contributed by atoms with Gasteiger partial charge in [-0.15, -0.1) is 0 Å². The van der Waals surface area contributed by atoms with E-state index in [0.717, 1.165) is 5.56 Å². The summed E-state index contributed by atoms with van der Waals surface area (Å²) >= 11 is 1.54. The Morgan fingerprint density at radius 1 is 1.27 bits per heavy atom. The molecule has 0 bridgehead atoms. The first-order chi connectivity index (χ1) is 12.2. The molecule has 0 radical (unpaired) electrons. The van der Waals surface area contributed by atoms with Crippen LogP contribution in [0.2, 0.25) is 0 Å². The van der Waals surface area contributed by atoms with Gasteiger partial charge in [0.2, 0.25) is 0 Å². The van der Waals surface area contributed by atoms with Crippen molar-refractivity contribution in [1.29, 1.82) is 0 Å². The van der Waals surface area contributed by atoms with Crippen LogP contribution in [0.4, 0.5) is 0 Å². The minimum Gasteiger partial charge on any atom is -0.484 e. The fourth-order valence-electron chi connectivity index (χ4n) is 3.05. The third-order valence-corrected chi connectivity index (χ3v) is 4.72. The number of hydrogen-bond donors (Lipinski definition) is 0. The lowest BCUT2D eigenvalue weighted by molar-refractivity contribution is -0.173. The standard InChI is InChI=1S/C18H22O7S/c1-10(19)22-15-13(7-12-5-6-26-9-12)24-16(17(15)23-11(2)20)14-8-21-18(3,4)25-14/h5-7,9,14-17H,8H2,1-4H3/b13-7+/t14-,15+,16-,17-/m1/s1. The maximum absolute atomic E-state index is 11.6. The summed E-state index contributed by atoms with van der Waals surface area (Å²) in [6.07, 6.45) is -0.977. The van der Waals surface area contributed by atoms with Gasteiger partial charge in [-0.2, -0.15) is 11.3 Å². The van der Waals surface area contributed by atoms with Gasteiger partial charge >= 0.3 is 11.9 Å². The third-order valence-electron chi connectivity index (χ3n) is 4.02. The molecule has 2 fully saturated rings. The lowest BCUT2D eigenvalue weighted by Crippen LogP contribution is -2.44. The van der Waals surface area contributed by atoms with Crippen molar-refractivity contribution in [1.82, 2.24) is 0 Å². The van der Waals surface area contributed by atoms with Gasteiger partial charge < -0.3 is 23.7 Å². The molecule has 0 spiro atoms. The number of rotatable bonds is 4. The first-order valence-electron chi connectivity index (χ1n) is 8.32. The van der Waals surface area contributed by atoms with Crippen molar-refractivity contribution < 1.29 is 33.3 Å². The van der Waals surface area contributed by atoms with Gasteiger partial charge in [0, 0.05) is 13.8 Å². The SMILES string of the molecule is CC(=O)O[C@H]1[C@@H]([C@H]2COC(C)(C)O2)O/C(=C/c2ccsc2)[C@@H]1OC(C)=O. The highest BCUT2D eigenvalue weighted by Crippen LogP contribution is 2.37. The van der Waals surface area contributed by atoms with Crippen LogP contribution in [0.1, 0.15) is 33.3 Å². The minimum atomic E-state index is -0.839. The molecule has 7 nitrogen and oxygen atoms in total. The second kappa shape index (κ2) is 7.38. The van der Waals surface area contributed by atoms with E-state index in [1.54, 1.807) is 19.9 Å². The predicted octanol–water partition coefficient (Wildman–Crippen LogP) is 2.50. The van der Waals surface area contributed by atoms with Gasteiger partial charge in [-0.1, -0.05) is 0 Å². The van der Waals surface area contributed by atoms with Gasteiger partial charge in [0.05, 0.1) is 6.61 Å². The summed E-state index contributed by atoms with van der Waals surface area (Å²) in [7, 11) is 0. The largest absolute Gasteiger partial charge is 0.484 e. The summed E-state index contributed by atoms with van der Waals surface area (Å²) in [6.45, 7) is 6.49. The molecule has 1 aromatic heterocycles. The van der Waals surface area contributed by atoms with Crippen LogP contribution in [0, 0.1) is 0 Å². The van der Waals surface area contributed by atoms with E-state index < -0.39 is 42.1 Å². The zero-order valence-corrected chi connectivity index (χ0v) is 15.9. The topological polar surface area (TPSA) is 80.3 Å². The molecule has 2 aliphatic heterocycles. The average molecular weight is 382 g/mol. The van der Waals surface area contributed by atoms with Gasteiger partial charge in [0.15, 0.2) is 24.1 Å². The molecule has 8 heteroatoms. The fourth-order valence-corrected chi connectivity index (χ4v) is 3.67. The number of hydrogen-bond acceptors (Lipinski definition) is 8. The first-order valence-corrected chi connectivity index (χ1v) is 9.26. The minimum absolute atomic E-state index is 0.286. The molecule has 0 N–H and O–H groups in total. The van der Waals surface area contributed by atoms with E-state index in [9.17, 15) is 9.59 Å². The van der Waals surface area contributed by atoms with E-state index in [2.05, 4.69) is 0 Å². The molecule has 0 aromatic carbocycles. The van der Waals surface area contributed by atoms with Gasteiger partial charge in [0.1, 0.15) is 11.9 Å². The van der Waals surface area contributed by atoms with Crippen molar-refractivity contribution in [2.24, 2.45) is 0 Å². The normalized spacial score (nSPS) is 31.6. The highest BCUT2D eigenvalue weighted by molar-refractivity contribution is 7.08. The lowest BCUT2D eigenvalue weighted by Gasteiger charge is -2.25. The second-order valence-corrected chi connectivity index (χ2v) is 7.44. The molecule has 2 saturated heterocycles. The molecule has 3 rings (SSSR count). The molecule has 1 aromatic rings. The number of esters is 2. The van der Waals surface area contributed by atoms with Crippen LogP contribution in [0.5, 0.6) is 0 Å². The van der Waals surface area contributed by atoms with E-state index in [1.807, 2.05) is 16.8 Å². The summed E-state index contributed by atoms with van der Waals surface area (Å²) in [5.74, 6) is -1.32. The van der Waals surface area contributed by atoms with E-state index in [0.29, 0.717) is 5.76 Å². The Morgan fingerprint density at radius 2 is 2.00 bits per heavy atom.